The molecule has 7 saturated carbocycles. The third kappa shape index (κ3) is 3.49. The molecule has 36 heavy (non-hydrogen) atoms. The Bertz CT molecular complexity index is 1250. The number of hydrogen-bond acceptors (Lipinski definition) is 5. The van der Waals surface area contributed by atoms with Gasteiger partial charge < -0.3 is 9.42 Å². The first-order chi connectivity index (χ1) is 17.2. The zero-order valence-electron chi connectivity index (χ0n) is 20.4. The number of hydrogen-bond donors (Lipinski definition) is 0. The third-order valence-corrected chi connectivity index (χ3v) is 9.96. The molecule has 0 spiro atoms. The molecule has 1 aromatic carbocycles. The molecule has 7 aliphatic rings. The van der Waals surface area contributed by atoms with Gasteiger partial charge in [0.1, 0.15) is 11.5 Å². The number of rotatable bonds is 7. The summed E-state index contributed by atoms with van der Waals surface area (Å²) >= 11 is 0. The van der Waals surface area contributed by atoms with Crippen molar-refractivity contribution in [2.75, 3.05) is 11.4 Å². The highest BCUT2D eigenvalue weighted by Gasteiger charge is 2.69. The molecule has 1 amide bonds. The number of nitrogens with zero attached hydrogens (tertiary/aromatic N) is 4. The van der Waals surface area contributed by atoms with Crippen molar-refractivity contribution in [1.82, 2.24) is 10.1 Å². The fourth-order valence-corrected chi connectivity index (χ4v) is 7.70. The summed E-state index contributed by atoms with van der Waals surface area (Å²) in [7, 11) is 0. The first-order valence-corrected chi connectivity index (χ1v) is 13.3. The van der Waals surface area contributed by atoms with Gasteiger partial charge in [0.05, 0.1) is 11.6 Å². The van der Waals surface area contributed by atoms with Crippen LogP contribution < -0.4 is 4.90 Å². The van der Waals surface area contributed by atoms with Crippen LogP contribution in [0.25, 0.3) is 0 Å². The van der Waals surface area contributed by atoms with Crippen LogP contribution in [0.4, 0.5) is 14.5 Å². The van der Waals surface area contributed by atoms with Crippen LogP contribution in [-0.2, 0) is 10.2 Å². The molecule has 9 rings (SSSR count). The average molecular weight is 493 g/mol. The molecular weight excluding hydrogens is 462 g/mol. The van der Waals surface area contributed by atoms with Gasteiger partial charge in [-0.25, -0.2) is 8.78 Å². The summed E-state index contributed by atoms with van der Waals surface area (Å²) in [6.07, 6.45) is 9.49. The molecule has 0 atom stereocenters. The summed E-state index contributed by atoms with van der Waals surface area (Å²) in [6, 6.07) is 6.15. The van der Waals surface area contributed by atoms with Crippen LogP contribution in [-0.4, -0.2) is 28.3 Å². The molecule has 0 unspecified atom stereocenters. The van der Waals surface area contributed by atoms with Gasteiger partial charge in [0.15, 0.2) is 5.82 Å². The van der Waals surface area contributed by atoms with Crippen LogP contribution in [0.5, 0.6) is 0 Å². The number of anilines is 1. The maximum atomic E-state index is 14.4. The van der Waals surface area contributed by atoms with Gasteiger partial charge in [-0.3, -0.25) is 4.79 Å². The quantitative estimate of drug-likeness (QED) is 0.483. The third-order valence-electron chi connectivity index (χ3n) is 9.96. The summed E-state index contributed by atoms with van der Waals surface area (Å²) in [5, 5.41) is 13.6. The number of aromatic nitrogens is 2. The van der Waals surface area contributed by atoms with Crippen molar-refractivity contribution in [3.63, 3.8) is 0 Å². The van der Waals surface area contributed by atoms with Crippen molar-refractivity contribution in [1.29, 1.82) is 5.26 Å². The topological polar surface area (TPSA) is 83.0 Å². The zero-order valence-corrected chi connectivity index (χ0v) is 20.4. The predicted octanol–water partition coefficient (Wildman–Crippen LogP) is 5.87. The van der Waals surface area contributed by atoms with E-state index < -0.39 is 11.5 Å². The van der Waals surface area contributed by atoms with Crippen molar-refractivity contribution in [3.05, 3.63) is 41.3 Å². The van der Waals surface area contributed by atoms with Gasteiger partial charge in [0.25, 0.3) is 0 Å². The second-order valence-electron chi connectivity index (χ2n) is 12.7. The van der Waals surface area contributed by atoms with Crippen LogP contribution >= 0.6 is 0 Å². The molecule has 1 aromatic heterocycles. The van der Waals surface area contributed by atoms with E-state index in [-0.39, 0.29) is 34.1 Å². The summed E-state index contributed by atoms with van der Waals surface area (Å²) < 4.78 is 34.3. The number of fused-ring (bicyclic) bond motifs is 3. The van der Waals surface area contributed by atoms with Gasteiger partial charge in [0.2, 0.25) is 11.8 Å². The smallest absolute Gasteiger partial charge is 0.232 e. The number of nitriles is 1. The van der Waals surface area contributed by atoms with Crippen LogP contribution in [0.3, 0.4) is 0 Å². The highest BCUT2D eigenvalue weighted by Crippen LogP contribution is 2.71. The fraction of sp³-hybridized carbons (Fsp3) is 0.643. The fourth-order valence-electron chi connectivity index (χ4n) is 7.70. The molecule has 0 saturated heterocycles. The highest BCUT2D eigenvalue weighted by atomic mass is 19.1. The summed E-state index contributed by atoms with van der Waals surface area (Å²) in [5.41, 5.74) is -0.829. The van der Waals surface area contributed by atoms with Gasteiger partial charge in [-0.15, -0.1) is 0 Å². The summed E-state index contributed by atoms with van der Waals surface area (Å²) in [4.78, 5) is 20.1. The molecule has 0 N–H and O–H groups in total. The SMILES string of the molecule is N#Cc1cc(F)cc(N(CC23CCC(c4nc(C5CC5)no4)(CC2)CC3)C(=O)CC23CC(F)(C2)C3)c1. The Morgan fingerprint density at radius 1 is 1.08 bits per heavy atom. The van der Waals surface area contributed by atoms with E-state index in [2.05, 4.69) is 5.16 Å². The predicted molar refractivity (Wildman–Crippen MR) is 126 cm³/mol. The van der Waals surface area contributed by atoms with E-state index in [0.29, 0.717) is 37.4 Å². The van der Waals surface area contributed by atoms with E-state index >= 15 is 0 Å². The molecule has 2 aromatic rings. The van der Waals surface area contributed by atoms with Crippen molar-refractivity contribution in [3.8, 4) is 6.07 Å². The molecule has 188 valence electrons. The maximum absolute atomic E-state index is 14.4. The number of halogens is 2. The van der Waals surface area contributed by atoms with Gasteiger partial charge in [-0.05, 0) is 99.7 Å². The Hall–Kier alpha value is -2.82. The number of alkyl halides is 1. The van der Waals surface area contributed by atoms with E-state index in [1.807, 2.05) is 6.07 Å². The Labute approximate surface area is 209 Å². The molecule has 0 aliphatic heterocycles. The number of carbonyl (C=O) groups excluding carboxylic acids is 1. The lowest BCUT2D eigenvalue weighted by Crippen LogP contribution is -2.65. The van der Waals surface area contributed by atoms with Gasteiger partial charge in [-0.1, -0.05) is 5.16 Å². The van der Waals surface area contributed by atoms with Gasteiger partial charge in [0, 0.05) is 30.0 Å². The lowest BCUT2D eigenvalue weighted by atomic mass is 9.41. The van der Waals surface area contributed by atoms with Crippen LogP contribution in [0, 0.1) is 28.0 Å². The van der Waals surface area contributed by atoms with E-state index in [4.69, 9.17) is 9.51 Å². The van der Waals surface area contributed by atoms with Crippen molar-refractivity contribution >= 4 is 11.6 Å². The Morgan fingerprint density at radius 3 is 2.39 bits per heavy atom. The maximum Gasteiger partial charge on any atom is 0.232 e. The lowest BCUT2D eigenvalue weighted by Gasteiger charge is -2.66. The molecule has 6 nitrogen and oxygen atoms in total. The minimum atomic E-state index is -1.07. The molecule has 4 bridgehead atoms. The second-order valence-corrected chi connectivity index (χ2v) is 12.7. The molecule has 1 heterocycles. The number of carbonyl (C=O) groups is 1. The average Bonchev–Trinajstić information content (AvgIpc) is 3.57. The second kappa shape index (κ2) is 7.36. The van der Waals surface area contributed by atoms with Crippen molar-refractivity contribution in [2.45, 2.75) is 94.1 Å². The zero-order chi connectivity index (χ0) is 24.8. The van der Waals surface area contributed by atoms with Crippen LogP contribution in [0.1, 0.15) is 100 Å². The normalized spacial score (nSPS) is 36.0. The Kier molecular flexibility index (Phi) is 4.58. The highest BCUT2D eigenvalue weighted by molar-refractivity contribution is 5.94. The largest absolute Gasteiger partial charge is 0.339 e. The van der Waals surface area contributed by atoms with E-state index in [9.17, 15) is 18.8 Å². The van der Waals surface area contributed by atoms with Gasteiger partial charge >= 0.3 is 0 Å². The van der Waals surface area contributed by atoms with E-state index in [1.54, 1.807) is 11.0 Å². The summed E-state index contributed by atoms with van der Waals surface area (Å²) in [5.74, 6) is 1.47. The summed E-state index contributed by atoms with van der Waals surface area (Å²) in [6.45, 7) is 0.490. The molecule has 8 heteroatoms. The van der Waals surface area contributed by atoms with Crippen LogP contribution in [0.15, 0.2) is 22.7 Å². The van der Waals surface area contributed by atoms with Crippen LogP contribution in [0.2, 0.25) is 0 Å². The lowest BCUT2D eigenvalue weighted by molar-refractivity contribution is -0.215. The van der Waals surface area contributed by atoms with Gasteiger partial charge in [-0.2, -0.15) is 10.2 Å². The van der Waals surface area contributed by atoms with Crippen molar-refractivity contribution < 1.29 is 18.1 Å². The monoisotopic (exact) mass is 492 g/mol. The van der Waals surface area contributed by atoms with E-state index in [0.717, 1.165) is 63.1 Å². The molecule has 7 fully saturated rings. The molecule has 7 aliphatic carbocycles. The first kappa shape index (κ1) is 22.4. The molecular formula is C28H30F2N4O2. The number of benzene rings is 1. The standard InChI is InChI=1S/C28H30F2N4O2/c29-20-9-18(13-31)10-21(11-20)34(22(35)12-26-14-28(30,15-26)16-26)17-25-3-6-27(7-4-25,8-5-25)24-32-23(33-36-24)19-1-2-19/h9-11,19H,1-8,12,14-17H2. The number of amides is 1. The van der Waals surface area contributed by atoms with E-state index in [1.165, 1.54) is 12.1 Å². The Morgan fingerprint density at radius 2 is 1.78 bits per heavy atom. The minimum absolute atomic E-state index is 0.0728. The van der Waals surface area contributed by atoms with Crippen molar-refractivity contribution in [2.24, 2.45) is 10.8 Å². The first-order valence-electron chi connectivity index (χ1n) is 13.3. The molecule has 0 radical (unpaired) electrons. The Balaban J connectivity index is 1.13. The minimum Gasteiger partial charge on any atom is -0.339 e.